The van der Waals surface area contributed by atoms with Crippen LogP contribution in [0.25, 0.3) is 0 Å². The van der Waals surface area contributed by atoms with Crippen molar-refractivity contribution in [3.05, 3.63) is 65.2 Å². The van der Waals surface area contributed by atoms with E-state index in [2.05, 4.69) is 21.0 Å². The van der Waals surface area contributed by atoms with Gasteiger partial charge in [0.25, 0.3) is 0 Å². The molecule has 3 rings (SSSR count). The second kappa shape index (κ2) is 7.77. The van der Waals surface area contributed by atoms with Gasteiger partial charge in [0.15, 0.2) is 0 Å². The van der Waals surface area contributed by atoms with E-state index in [4.69, 9.17) is 5.26 Å². The van der Waals surface area contributed by atoms with Gasteiger partial charge < -0.3 is 10.1 Å². The molecule has 0 bridgehead atoms. The number of nitrogens with one attached hydrogen (secondary N) is 1. The van der Waals surface area contributed by atoms with E-state index in [9.17, 15) is 13.2 Å². The molecule has 1 aliphatic heterocycles. The number of hydrogen-bond acceptors (Lipinski definition) is 4. The molecular weight excluding hydrogens is 343 g/mol. The van der Waals surface area contributed by atoms with E-state index < -0.39 is 6.36 Å². The number of piperazine rings is 1. The summed E-state index contributed by atoms with van der Waals surface area (Å²) < 4.78 is 41.0. The molecule has 136 valence electrons. The van der Waals surface area contributed by atoms with Crippen molar-refractivity contribution in [2.24, 2.45) is 0 Å². The molecule has 0 amide bonds. The first-order valence-electron chi connectivity index (χ1n) is 8.27. The molecule has 4 nitrogen and oxygen atoms in total. The van der Waals surface area contributed by atoms with Crippen LogP contribution < -0.4 is 10.1 Å². The number of ether oxygens (including phenoxy) is 1. The Morgan fingerprint density at radius 1 is 0.962 bits per heavy atom. The van der Waals surface area contributed by atoms with Gasteiger partial charge in [0.1, 0.15) is 5.75 Å². The van der Waals surface area contributed by atoms with Crippen LogP contribution in [0.5, 0.6) is 5.75 Å². The third kappa shape index (κ3) is 4.54. The topological polar surface area (TPSA) is 48.3 Å². The van der Waals surface area contributed by atoms with Crippen molar-refractivity contribution in [1.82, 2.24) is 10.2 Å². The Balaban J connectivity index is 1.90. The molecule has 1 heterocycles. The highest BCUT2D eigenvalue weighted by Crippen LogP contribution is 2.31. The number of rotatable bonds is 4. The number of nitrogens with zero attached hydrogens (tertiary/aromatic N) is 2. The fraction of sp³-hybridized carbons (Fsp3) is 0.316. The summed E-state index contributed by atoms with van der Waals surface area (Å²) in [6.45, 7) is 3.35. The van der Waals surface area contributed by atoms with Crippen LogP contribution in [0.2, 0.25) is 0 Å². The van der Waals surface area contributed by atoms with Crippen LogP contribution in [0, 0.1) is 11.3 Å². The van der Waals surface area contributed by atoms with Gasteiger partial charge in [-0.2, -0.15) is 5.26 Å². The van der Waals surface area contributed by atoms with E-state index in [1.165, 1.54) is 12.1 Å². The lowest BCUT2D eigenvalue weighted by atomic mass is 9.95. The molecule has 0 unspecified atom stereocenters. The molecule has 1 N–H and O–H groups in total. The molecule has 2 aromatic rings. The van der Waals surface area contributed by atoms with Crippen molar-refractivity contribution in [3.8, 4) is 11.8 Å². The highest BCUT2D eigenvalue weighted by Gasteiger charge is 2.31. The van der Waals surface area contributed by atoms with Gasteiger partial charge >= 0.3 is 6.36 Å². The number of hydrogen-bond donors (Lipinski definition) is 1. The van der Waals surface area contributed by atoms with Crippen molar-refractivity contribution in [3.63, 3.8) is 0 Å². The van der Waals surface area contributed by atoms with Gasteiger partial charge in [-0.1, -0.05) is 24.3 Å². The molecule has 7 heteroatoms. The van der Waals surface area contributed by atoms with Crippen LogP contribution in [0.15, 0.2) is 48.5 Å². The highest BCUT2D eigenvalue weighted by atomic mass is 19.4. The van der Waals surface area contributed by atoms with Gasteiger partial charge in [0.2, 0.25) is 0 Å². The maximum absolute atomic E-state index is 12.4. The normalized spacial score (nSPS) is 16.7. The van der Waals surface area contributed by atoms with Crippen LogP contribution in [-0.4, -0.2) is 37.4 Å². The van der Waals surface area contributed by atoms with E-state index in [1.54, 1.807) is 24.3 Å². The van der Waals surface area contributed by atoms with Gasteiger partial charge in [-0.25, -0.2) is 0 Å². The SMILES string of the molecule is N#Cc1ccc([C@H](c2ccc(OC(F)(F)F)cc2)N2CCNCC2)cc1. The van der Waals surface area contributed by atoms with Crippen molar-refractivity contribution in [1.29, 1.82) is 5.26 Å². The Morgan fingerprint density at radius 2 is 1.50 bits per heavy atom. The largest absolute Gasteiger partial charge is 0.573 e. The minimum Gasteiger partial charge on any atom is -0.406 e. The van der Waals surface area contributed by atoms with E-state index in [1.807, 2.05) is 12.1 Å². The minimum atomic E-state index is -4.70. The molecule has 0 spiro atoms. The standard InChI is InChI=1S/C19H18F3N3O/c20-19(21,22)26-17-7-5-16(6-8-17)18(25-11-9-24-10-12-25)15-3-1-14(13-23)2-4-15/h1-8,18,24H,9-12H2/t18-/m1/s1. The highest BCUT2D eigenvalue weighted by molar-refractivity contribution is 5.39. The van der Waals surface area contributed by atoms with Crippen molar-refractivity contribution < 1.29 is 17.9 Å². The lowest BCUT2D eigenvalue weighted by Crippen LogP contribution is -2.45. The Labute approximate surface area is 149 Å². The zero-order valence-electron chi connectivity index (χ0n) is 14.0. The molecule has 1 aliphatic rings. The predicted octanol–water partition coefficient (Wildman–Crippen LogP) is 3.45. The fourth-order valence-electron chi connectivity index (χ4n) is 3.15. The van der Waals surface area contributed by atoms with Gasteiger partial charge in [0.05, 0.1) is 17.7 Å². The summed E-state index contributed by atoms with van der Waals surface area (Å²) in [5.74, 6) is -0.236. The summed E-state index contributed by atoms with van der Waals surface area (Å²) in [6, 6.07) is 15.3. The average Bonchev–Trinajstić information content (AvgIpc) is 2.64. The molecule has 1 atom stereocenters. The van der Waals surface area contributed by atoms with Gasteiger partial charge in [-0.05, 0) is 35.4 Å². The maximum Gasteiger partial charge on any atom is 0.573 e. The molecule has 26 heavy (non-hydrogen) atoms. The van der Waals surface area contributed by atoms with Crippen molar-refractivity contribution >= 4 is 0 Å². The van der Waals surface area contributed by atoms with Crippen LogP contribution in [0.3, 0.4) is 0 Å². The van der Waals surface area contributed by atoms with E-state index in [0.29, 0.717) is 5.56 Å². The fourth-order valence-corrected chi connectivity index (χ4v) is 3.15. The number of alkyl halides is 3. The molecule has 0 saturated carbocycles. The van der Waals surface area contributed by atoms with Crippen LogP contribution in [0.1, 0.15) is 22.7 Å². The van der Waals surface area contributed by atoms with E-state index in [0.717, 1.165) is 37.3 Å². The first-order chi connectivity index (χ1) is 12.5. The third-order valence-electron chi connectivity index (χ3n) is 4.30. The molecule has 1 saturated heterocycles. The average molecular weight is 361 g/mol. The Hall–Kier alpha value is -2.56. The van der Waals surface area contributed by atoms with Crippen LogP contribution >= 0.6 is 0 Å². The van der Waals surface area contributed by atoms with E-state index >= 15 is 0 Å². The van der Waals surface area contributed by atoms with Crippen LogP contribution in [0.4, 0.5) is 13.2 Å². The molecule has 1 fully saturated rings. The molecule has 0 radical (unpaired) electrons. The predicted molar refractivity (Wildman–Crippen MR) is 90.6 cm³/mol. The Morgan fingerprint density at radius 3 is 2.00 bits per heavy atom. The molecular formula is C19H18F3N3O. The smallest absolute Gasteiger partial charge is 0.406 e. The van der Waals surface area contributed by atoms with E-state index in [-0.39, 0.29) is 11.8 Å². The summed E-state index contributed by atoms with van der Waals surface area (Å²) in [5.41, 5.74) is 2.45. The zero-order valence-corrected chi connectivity index (χ0v) is 14.0. The van der Waals surface area contributed by atoms with Gasteiger partial charge in [0, 0.05) is 26.2 Å². The zero-order chi connectivity index (χ0) is 18.6. The third-order valence-corrected chi connectivity index (χ3v) is 4.30. The maximum atomic E-state index is 12.4. The first-order valence-corrected chi connectivity index (χ1v) is 8.27. The first kappa shape index (κ1) is 18.2. The summed E-state index contributed by atoms with van der Waals surface area (Å²) in [7, 11) is 0. The number of nitriles is 1. The van der Waals surface area contributed by atoms with Crippen molar-refractivity contribution in [2.75, 3.05) is 26.2 Å². The summed E-state index contributed by atoms with van der Waals surface area (Å²) in [4.78, 5) is 2.28. The lowest BCUT2D eigenvalue weighted by molar-refractivity contribution is -0.274. The molecule has 0 aromatic heterocycles. The summed E-state index contributed by atoms with van der Waals surface area (Å²) >= 11 is 0. The summed E-state index contributed by atoms with van der Waals surface area (Å²) in [6.07, 6.45) is -4.70. The lowest BCUT2D eigenvalue weighted by Gasteiger charge is -2.35. The number of halogens is 3. The quantitative estimate of drug-likeness (QED) is 0.906. The van der Waals surface area contributed by atoms with Gasteiger partial charge in [-0.15, -0.1) is 13.2 Å². The Kier molecular flexibility index (Phi) is 5.45. The second-order valence-electron chi connectivity index (χ2n) is 6.04. The number of benzene rings is 2. The van der Waals surface area contributed by atoms with Gasteiger partial charge in [-0.3, -0.25) is 4.90 Å². The molecule has 2 aromatic carbocycles. The molecule has 0 aliphatic carbocycles. The Bertz CT molecular complexity index is 761. The second-order valence-corrected chi connectivity index (χ2v) is 6.04. The monoisotopic (exact) mass is 361 g/mol. The minimum absolute atomic E-state index is 0.0928. The van der Waals surface area contributed by atoms with Crippen LogP contribution in [-0.2, 0) is 0 Å². The summed E-state index contributed by atoms with van der Waals surface area (Å²) in [5, 5.41) is 12.3. The van der Waals surface area contributed by atoms with Crippen molar-refractivity contribution in [2.45, 2.75) is 12.4 Å².